The molecule has 1 aliphatic rings. The maximum atomic E-state index is 13.7. The van der Waals surface area contributed by atoms with E-state index in [2.05, 4.69) is 26.9 Å². The van der Waals surface area contributed by atoms with Gasteiger partial charge in [-0.25, -0.2) is 4.39 Å². The molecule has 140 valence electrons. The Labute approximate surface area is 166 Å². The first kappa shape index (κ1) is 19.3. The molecule has 0 aromatic heterocycles. The molecule has 1 saturated heterocycles. The first-order chi connectivity index (χ1) is 13.0. The molecule has 1 aliphatic heterocycles. The van der Waals surface area contributed by atoms with Crippen LogP contribution in [-0.2, 0) is 11.3 Å². The van der Waals surface area contributed by atoms with Crippen LogP contribution in [0.4, 0.5) is 4.39 Å². The van der Waals surface area contributed by atoms with E-state index < -0.39 is 5.82 Å². The zero-order chi connectivity index (χ0) is 19.2. The minimum absolute atomic E-state index is 0.0750. The molecular weight excluding hydrogens is 413 g/mol. The van der Waals surface area contributed by atoms with E-state index in [0.29, 0.717) is 23.1 Å². The van der Waals surface area contributed by atoms with Crippen LogP contribution in [0.15, 0.2) is 46.9 Å². The van der Waals surface area contributed by atoms with Gasteiger partial charge in [0, 0.05) is 37.2 Å². The largest absolute Gasteiger partial charge is 0.481 e. The third-order valence-corrected chi connectivity index (χ3v) is 4.95. The zero-order valence-electron chi connectivity index (χ0n) is 14.7. The average Bonchev–Trinajstić information content (AvgIpc) is 2.68. The van der Waals surface area contributed by atoms with Gasteiger partial charge in [0.2, 0.25) is 0 Å². The highest BCUT2D eigenvalue weighted by Gasteiger charge is 2.21. The van der Waals surface area contributed by atoms with Crippen molar-refractivity contribution in [1.82, 2.24) is 9.80 Å². The SMILES string of the molecule is N#Cc1ccc(CN2CCN(C(=O)COc3ccc(Br)cc3F)CC2)cc1. The van der Waals surface area contributed by atoms with Crippen LogP contribution in [-0.4, -0.2) is 48.5 Å². The molecule has 0 atom stereocenters. The van der Waals surface area contributed by atoms with Gasteiger partial charge in [-0.15, -0.1) is 0 Å². The van der Waals surface area contributed by atoms with Crippen molar-refractivity contribution in [3.05, 3.63) is 63.9 Å². The Balaban J connectivity index is 1.45. The second kappa shape index (κ2) is 8.98. The molecule has 3 rings (SSSR count). The summed E-state index contributed by atoms with van der Waals surface area (Å²) < 4.78 is 19.7. The first-order valence-corrected chi connectivity index (χ1v) is 9.41. The third-order valence-electron chi connectivity index (χ3n) is 4.46. The number of amides is 1. The third kappa shape index (κ3) is 5.28. The molecule has 0 bridgehead atoms. The molecule has 2 aromatic carbocycles. The lowest BCUT2D eigenvalue weighted by molar-refractivity contribution is -0.135. The normalized spacial score (nSPS) is 14.6. The summed E-state index contributed by atoms with van der Waals surface area (Å²) in [5, 5.41) is 8.84. The van der Waals surface area contributed by atoms with Gasteiger partial charge in [0.15, 0.2) is 18.2 Å². The number of carbonyl (C=O) groups is 1. The van der Waals surface area contributed by atoms with Gasteiger partial charge < -0.3 is 9.64 Å². The molecule has 7 heteroatoms. The van der Waals surface area contributed by atoms with Gasteiger partial charge in [-0.3, -0.25) is 9.69 Å². The Morgan fingerprint density at radius 3 is 2.48 bits per heavy atom. The molecule has 5 nitrogen and oxygen atoms in total. The zero-order valence-corrected chi connectivity index (χ0v) is 16.3. The molecular formula is C20H19BrFN3O2. The summed E-state index contributed by atoms with van der Waals surface area (Å²) in [6.07, 6.45) is 0. The predicted octanol–water partition coefficient (Wildman–Crippen LogP) is 3.18. The van der Waals surface area contributed by atoms with Crippen molar-refractivity contribution in [3.8, 4) is 11.8 Å². The van der Waals surface area contributed by atoms with Gasteiger partial charge in [-0.05, 0) is 35.9 Å². The van der Waals surface area contributed by atoms with Crippen LogP contribution in [0.1, 0.15) is 11.1 Å². The molecule has 0 N–H and O–H groups in total. The number of carbonyl (C=O) groups excluding carboxylic acids is 1. The molecule has 27 heavy (non-hydrogen) atoms. The summed E-state index contributed by atoms with van der Waals surface area (Å²) in [7, 11) is 0. The number of halogens is 2. The fourth-order valence-electron chi connectivity index (χ4n) is 2.92. The van der Waals surface area contributed by atoms with Crippen LogP contribution in [0.25, 0.3) is 0 Å². The highest BCUT2D eigenvalue weighted by atomic mass is 79.9. The van der Waals surface area contributed by atoms with E-state index in [4.69, 9.17) is 10.00 Å². The van der Waals surface area contributed by atoms with Gasteiger partial charge in [0.25, 0.3) is 5.91 Å². The number of nitriles is 1. The molecule has 1 heterocycles. The standard InChI is InChI=1S/C20H19BrFN3O2/c21-17-5-6-19(18(22)11-17)27-14-20(26)25-9-7-24(8-10-25)13-16-3-1-15(12-23)2-4-16/h1-6,11H,7-10,13-14H2. The molecule has 2 aromatic rings. The summed E-state index contributed by atoms with van der Waals surface area (Å²) >= 11 is 3.19. The summed E-state index contributed by atoms with van der Waals surface area (Å²) in [5.41, 5.74) is 1.79. The number of hydrogen-bond donors (Lipinski definition) is 0. The highest BCUT2D eigenvalue weighted by Crippen LogP contribution is 2.21. The summed E-state index contributed by atoms with van der Waals surface area (Å²) in [4.78, 5) is 16.3. The van der Waals surface area contributed by atoms with Crippen molar-refractivity contribution < 1.29 is 13.9 Å². The lowest BCUT2D eigenvalue weighted by atomic mass is 10.1. The lowest BCUT2D eigenvalue weighted by Gasteiger charge is -2.34. The van der Waals surface area contributed by atoms with Crippen LogP contribution in [0.3, 0.4) is 0 Å². The topological polar surface area (TPSA) is 56.6 Å². The molecule has 1 fully saturated rings. The molecule has 1 amide bonds. The van der Waals surface area contributed by atoms with Crippen molar-refractivity contribution in [1.29, 1.82) is 5.26 Å². The number of benzene rings is 2. The number of ether oxygens (including phenoxy) is 1. The van der Waals surface area contributed by atoms with E-state index in [-0.39, 0.29) is 18.3 Å². The van der Waals surface area contributed by atoms with Crippen molar-refractivity contribution in [3.63, 3.8) is 0 Å². The molecule has 0 unspecified atom stereocenters. The van der Waals surface area contributed by atoms with Gasteiger partial charge in [0.1, 0.15) is 0 Å². The summed E-state index contributed by atoms with van der Waals surface area (Å²) in [6, 6.07) is 14.1. The first-order valence-electron chi connectivity index (χ1n) is 8.62. The van der Waals surface area contributed by atoms with E-state index in [1.54, 1.807) is 11.0 Å². The van der Waals surface area contributed by atoms with Gasteiger partial charge >= 0.3 is 0 Å². The maximum Gasteiger partial charge on any atom is 0.260 e. The fourth-order valence-corrected chi connectivity index (χ4v) is 3.25. The summed E-state index contributed by atoms with van der Waals surface area (Å²) in [5.74, 6) is -0.564. The van der Waals surface area contributed by atoms with Crippen molar-refractivity contribution >= 4 is 21.8 Å². The van der Waals surface area contributed by atoms with Crippen molar-refractivity contribution in [2.75, 3.05) is 32.8 Å². The second-order valence-electron chi connectivity index (χ2n) is 6.33. The van der Waals surface area contributed by atoms with E-state index in [1.165, 1.54) is 12.1 Å². The molecule has 0 aliphatic carbocycles. The quantitative estimate of drug-likeness (QED) is 0.729. The van der Waals surface area contributed by atoms with E-state index in [1.807, 2.05) is 24.3 Å². The van der Waals surface area contributed by atoms with E-state index in [9.17, 15) is 9.18 Å². The number of rotatable bonds is 5. The Bertz CT molecular complexity index is 843. The fraction of sp³-hybridized carbons (Fsp3) is 0.300. The molecule has 0 saturated carbocycles. The Morgan fingerprint density at radius 1 is 1.15 bits per heavy atom. The highest BCUT2D eigenvalue weighted by molar-refractivity contribution is 9.10. The monoisotopic (exact) mass is 431 g/mol. The Hall–Kier alpha value is -2.43. The predicted molar refractivity (Wildman–Crippen MR) is 103 cm³/mol. The van der Waals surface area contributed by atoms with Crippen LogP contribution >= 0.6 is 15.9 Å². The van der Waals surface area contributed by atoms with Gasteiger partial charge in [-0.1, -0.05) is 28.1 Å². The number of piperazine rings is 1. The van der Waals surface area contributed by atoms with Crippen LogP contribution in [0.5, 0.6) is 5.75 Å². The second-order valence-corrected chi connectivity index (χ2v) is 7.24. The maximum absolute atomic E-state index is 13.7. The van der Waals surface area contributed by atoms with Crippen LogP contribution in [0.2, 0.25) is 0 Å². The van der Waals surface area contributed by atoms with Gasteiger partial charge in [0.05, 0.1) is 11.6 Å². The van der Waals surface area contributed by atoms with E-state index in [0.717, 1.165) is 25.2 Å². The minimum Gasteiger partial charge on any atom is -0.481 e. The Morgan fingerprint density at radius 2 is 1.85 bits per heavy atom. The molecule has 0 radical (unpaired) electrons. The van der Waals surface area contributed by atoms with Crippen molar-refractivity contribution in [2.24, 2.45) is 0 Å². The summed E-state index contributed by atoms with van der Waals surface area (Å²) in [6.45, 7) is 3.36. The smallest absolute Gasteiger partial charge is 0.260 e. The van der Waals surface area contributed by atoms with Crippen molar-refractivity contribution in [2.45, 2.75) is 6.54 Å². The number of hydrogen-bond acceptors (Lipinski definition) is 4. The van der Waals surface area contributed by atoms with Crippen LogP contribution < -0.4 is 4.74 Å². The van der Waals surface area contributed by atoms with Gasteiger partial charge in [-0.2, -0.15) is 5.26 Å². The average molecular weight is 432 g/mol. The lowest BCUT2D eigenvalue weighted by Crippen LogP contribution is -2.49. The number of nitrogens with zero attached hydrogens (tertiary/aromatic N) is 3. The molecule has 0 spiro atoms. The minimum atomic E-state index is -0.496. The van der Waals surface area contributed by atoms with Crippen LogP contribution in [0, 0.1) is 17.1 Å². The Kier molecular flexibility index (Phi) is 6.43. The van der Waals surface area contributed by atoms with E-state index >= 15 is 0 Å².